The van der Waals surface area contributed by atoms with Crippen LogP contribution in [-0.2, 0) is 21.2 Å². The molecule has 1 aromatic rings. The minimum atomic E-state index is -3.59. The van der Waals surface area contributed by atoms with E-state index >= 15 is 0 Å². The fourth-order valence-corrected chi connectivity index (χ4v) is 4.21. The molecule has 1 aromatic carbocycles. The number of aliphatic hydroxyl groups excluding tert-OH is 1. The lowest BCUT2D eigenvalue weighted by atomic mass is 9.94. The Morgan fingerprint density at radius 3 is 2.62 bits per heavy atom. The summed E-state index contributed by atoms with van der Waals surface area (Å²) in [6.45, 7) is 0. The standard InChI is InChI=1S/C14H18N2O4S/c17-11-3-1-10(2-4-11)16-21(19,20)12-5-6-13-9(7-12)8-14(18)15-13/h5-7,10-11,16-17H,1-4,8H2,(H,15,18). The van der Waals surface area contributed by atoms with Crippen LogP contribution >= 0.6 is 0 Å². The summed E-state index contributed by atoms with van der Waals surface area (Å²) in [6.07, 6.45) is 2.43. The maximum absolute atomic E-state index is 12.4. The summed E-state index contributed by atoms with van der Waals surface area (Å²) < 4.78 is 27.5. The van der Waals surface area contributed by atoms with Gasteiger partial charge in [-0.3, -0.25) is 4.79 Å². The molecule has 1 fully saturated rings. The van der Waals surface area contributed by atoms with Gasteiger partial charge in [0.1, 0.15) is 0 Å². The average molecular weight is 310 g/mol. The van der Waals surface area contributed by atoms with Crippen LogP contribution in [0.5, 0.6) is 0 Å². The van der Waals surface area contributed by atoms with E-state index in [1.807, 2.05) is 0 Å². The van der Waals surface area contributed by atoms with Crippen molar-refractivity contribution in [3.05, 3.63) is 23.8 Å². The van der Waals surface area contributed by atoms with E-state index < -0.39 is 10.0 Å². The summed E-state index contributed by atoms with van der Waals surface area (Å²) in [5.74, 6) is -0.117. The Balaban J connectivity index is 1.76. The van der Waals surface area contributed by atoms with Gasteiger partial charge in [0, 0.05) is 11.7 Å². The number of aliphatic hydroxyl groups is 1. The second-order valence-electron chi connectivity index (χ2n) is 5.67. The van der Waals surface area contributed by atoms with Gasteiger partial charge in [0.2, 0.25) is 15.9 Å². The fraction of sp³-hybridized carbons (Fsp3) is 0.500. The van der Waals surface area contributed by atoms with Gasteiger partial charge < -0.3 is 10.4 Å². The Bertz CT molecular complexity index is 664. The molecular formula is C14H18N2O4S. The minimum Gasteiger partial charge on any atom is -0.393 e. The molecule has 1 amide bonds. The van der Waals surface area contributed by atoms with E-state index in [0.717, 1.165) is 0 Å². The Labute approximate surface area is 123 Å². The quantitative estimate of drug-likeness (QED) is 0.768. The summed E-state index contributed by atoms with van der Waals surface area (Å²) in [6, 6.07) is 4.54. The third kappa shape index (κ3) is 3.09. The van der Waals surface area contributed by atoms with Crippen molar-refractivity contribution in [1.29, 1.82) is 0 Å². The van der Waals surface area contributed by atoms with E-state index in [2.05, 4.69) is 10.0 Å². The van der Waals surface area contributed by atoms with Crippen LogP contribution in [0.4, 0.5) is 5.69 Å². The predicted octanol–water partition coefficient (Wildman–Crippen LogP) is 0.763. The van der Waals surface area contributed by atoms with Gasteiger partial charge in [-0.05, 0) is 49.4 Å². The van der Waals surface area contributed by atoms with Gasteiger partial charge in [0.15, 0.2) is 0 Å². The molecule has 0 spiro atoms. The lowest BCUT2D eigenvalue weighted by Gasteiger charge is -2.26. The van der Waals surface area contributed by atoms with Gasteiger partial charge >= 0.3 is 0 Å². The molecule has 0 aromatic heterocycles. The normalized spacial score (nSPS) is 25.5. The van der Waals surface area contributed by atoms with Gasteiger partial charge in [-0.15, -0.1) is 0 Å². The first kappa shape index (κ1) is 14.5. The second kappa shape index (κ2) is 5.40. The molecule has 0 bridgehead atoms. The molecule has 2 aliphatic rings. The SMILES string of the molecule is O=C1Cc2cc(S(=O)(=O)NC3CCC(O)CC3)ccc2N1. The molecule has 0 radical (unpaired) electrons. The largest absolute Gasteiger partial charge is 0.393 e. The Morgan fingerprint density at radius 1 is 1.19 bits per heavy atom. The number of nitrogens with one attached hydrogen (secondary N) is 2. The van der Waals surface area contributed by atoms with Crippen LogP contribution in [0.25, 0.3) is 0 Å². The van der Waals surface area contributed by atoms with Crippen molar-refractivity contribution in [1.82, 2.24) is 4.72 Å². The number of rotatable bonds is 3. The monoisotopic (exact) mass is 310 g/mol. The lowest BCUT2D eigenvalue weighted by molar-refractivity contribution is -0.115. The molecule has 1 aliphatic carbocycles. The average Bonchev–Trinajstić information content (AvgIpc) is 2.80. The maximum atomic E-state index is 12.4. The molecule has 3 rings (SSSR count). The first-order valence-corrected chi connectivity index (χ1v) is 8.55. The first-order valence-electron chi connectivity index (χ1n) is 7.07. The van der Waals surface area contributed by atoms with E-state index in [4.69, 9.17) is 0 Å². The summed E-state index contributed by atoms with van der Waals surface area (Å²) in [7, 11) is -3.59. The number of carbonyl (C=O) groups excluding carboxylic acids is 1. The summed E-state index contributed by atoms with van der Waals surface area (Å²) in [5.41, 5.74) is 1.39. The molecule has 0 saturated heterocycles. The summed E-state index contributed by atoms with van der Waals surface area (Å²) >= 11 is 0. The van der Waals surface area contributed by atoms with E-state index in [9.17, 15) is 18.3 Å². The number of amides is 1. The lowest BCUT2D eigenvalue weighted by Crippen LogP contribution is -2.38. The van der Waals surface area contributed by atoms with Crippen LogP contribution in [0, 0.1) is 0 Å². The van der Waals surface area contributed by atoms with E-state index in [1.165, 1.54) is 6.07 Å². The van der Waals surface area contributed by atoms with Crippen LogP contribution in [0.1, 0.15) is 31.2 Å². The number of anilines is 1. The third-order valence-corrected chi connectivity index (χ3v) is 5.55. The van der Waals surface area contributed by atoms with E-state index in [0.29, 0.717) is 36.9 Å². The number of hydrogen-bond donors (Lipinski definition) is 3. The Hall–Kier alpha value is -1.44. The highest BCUT2D eigenvalue weighted by Gasteiger charge is 2.26. The minimum absolute atomic E-state index is 0.117. The molecule has 114 valence electrons. The summed E-state index contributed by atoms with van der Waals surface area (Å²) in [4.78, 5) is 11.5. The van der Waals surface area contributed by atoms with Crippen molar-refractivity contribution in [2.75, 3.05) is 5.32 Å². The number of benzene rings is 1. The molecule has 0 atom stereocenters. The zero-order valence-electron chi connectivity index (χ0n) is 11.5. The van der Waals surface area contributed by atoms with E-state index in [1.54, 1.807) is 12.1 Å². The molecule has 3 N–H and O–H groups in total. The van der Waals surface area contributed by atoms with Gasteiger partial charge in [-0.1, -0.05) is 0 Å². The first-order chi connectivity index (χ1) is 9.94. The fourth-order valence-electron chi connectivity index (χ4n) is 2.85. The van der Waals surface area contributed by atoms with Crippen LogP contribution in [-0.4, -0.2) is 31.6 Å². The Kier molecular flexibility index (Phi) is 3.73. The zero-order valence-corrected chi connectivity index (χ0v) is 12.3. The molecule has 6 nitrogen and oxygen atoms in total. The molecular weight excluding hydrogens is 292 g/mol. The van der Waals surface area contributed by atoms with E-state index in [-0.39, 0.29) is 29.4 Å². The van der Waals surface area contributed by atoms with Gasteiger partial charge in [-0.2, -0.15) is 0 Å². The number of carbonyl (C=O) groups is 1. The van der Waals surface area contributed by atoms with Crippen molar-refractivity contribution in [2.24, 2.45) is 0 Å². The molecule has 0 unspecified atom stereocenters. The highest BCUT2D eigenvalue weighted by Crippen LogP contribution is 2.26. The smallest absolute Gasteiger partial charge is 0.240 e. The molecule has 1 heterocycles. The maximum Gasteiger partial charge on any atom is 0.240 e. The van der Waals surface area contributed by atoms with Gasteiger partial charge in [-0.25, -0.2) is 13.1 Å². The van der Waals surface area contributed by atoms with Crippen LogP contribution < -0.4 is 10.0 Å². The molecule has 1 aliphatic heterocycles. The summed E-state index contributed by atoms with van der Waals surface area (Å²) in [5, 5.41) is 12.1. The zero-order chi connectivity index (χ0) is 15.0. The third-order valence-electron chi connectivity index (χ3n) is 4.03. The molecule has 21 heavy (non-hydrogen) atoms. The van der Waals surface area contributed by atoms with Crippen LogP contribution in [0.2, 0.25) is 0 Å². The van der Waals surface area contributed by atoms with Crippen LogP contribution in [0.15, 0.2) is 23.1 Å². The van der Waals surface area contributed by atoms with Crippen molar-refractivity contribution in [2.45, 2.75) is 49.1 Å². The van der Waals surface area contributed by atoms with Crippen molar-refractivity contribution < 1.29 is 18.3 Å². The predicted molar refractivity (Wildman–Crippen MR) is 77.4 cm³/mol. The number of sulfonamides is 1. The van der Waals surface area contributed by atoms with Gasteiger partial charge in [0.05, 0.1) is 17.4 Å². The number of hydrogen-bond acceptors (Lipinski definition) is 4. The number of fused-ring (bicyclic) bond motifs is 1. The highest BCUT2D eigenvalue weighted by atomic mass is 32.2. The molecule has 1 saturated carbocycles. The van der Waals surface area contributed by atoms with Gasteiger partial charge in [0.25, 0.3) is 0 Å². The van der Waals surface area contributed by atoms with Crippen LogP contribution in [0.3, 0.4) is 0 Å². The Morgan fingerprint density at radius 2 is 1.90 bits per heavy atom. The van der Waals surface area contributed by atoms with Crippen molar-refractivity contribution >= 4 is 21.6 Å². The van der Waals surface area contributed by atoms with Crippen molar-refractivity contribution in [3.63, 3.8) is 0 Å². The molecule has 7 heteroatoms. The van der Waals surface area contributed by atoms with Crippen molar-refractivity contribution in [3.8, 4) is 0 Å². The highest BCUT2D eigenvalue weighted by molar-refractivity contribution is 7.89. The second-order valence-corrected chi connectivity index (χ2v) is 7.38. The topological polar surface area (TPSA) is 95.5 Å².